The molecule has 0 spiro atoms. The van der Waals surface area contributed by atoms with E-state index >= 15 is 0 Å². The Bertz CT molecular complexity index is 330. The summed E-state index contributed by atoms with van der Waals surface area (Å²) in [6.45, 7) is 5.50. The van der Waals surface area contributed by atoms with E-state index in [1.807, 2.05) is 14.9 Å². The number of rotatable bonds is 2. The second-order valence-corrected chi connectivity index (χ2v) is 2.67. The summed E-state index contributed by atoms with van der Waals surface area (Å²) in [6, 6.07) is 0. The molecule has 0 saturated carbocycles. The molecule has 0 fully saturated rings. The van der Waals surface area contributed by atoms with Gasteiger partial charge in [-0.05, 0) is 13.0 Å². The van der Waals surface area contributed by atoms with Gasteiger partial charge in [-0.2, -0.15) is 0 Å². The number of hydrogen-bond acceptors (Lipinski definition) is 3. The molecule has 0 N–H and O–H groups in total. The SMILES string of the molecule is Bn1c(S)nc(C=C)c1/N=C\C. The highest BCUT2D eigenvalue weighted by Gasteiger charge is 2.06. The van der Waals surface area contributed by atoms with Crippen LogP contribution < -0.4 is 0 Å². The molecule has 1 heterocycles. The first-order chi connectivity index (χ1) is 5.70. The Morgan fingerprint density at radius 3 is 2.92 bits per heavy atom. The van der Waals surface area contributed by atoms with Crippen LogP contribution in [0.5, 0.6) is 0 Å². The molecular weight excluding hydrogens is 169 g/mol. The van der Waals surface area contributed by atoms with Gasteiger partial charge in [-0.1, -0.05) is 6.58 Å². The van der Waals surface area contributed by atoms with Crippen LogP contribution in [0.3, 0.4) is 0 Å². The summed E-state index contributed by atoms with van der Waals surface area (Å²) in [5.74, 6) is 0.789. The third-order valence-electron chi connectivity index (χ3n) is 1.51. The molecule has 0 aliphatic heterocycles. The number of aromatic nitrogens is 2. The Balaban J connectivity index is 3.30. The van der Waals surface area contributed by atoms with Crippen LogP contribution in [0.25, 0.3) is 6.08 Å². The lowest BCUT2D eigenvalue weighted by Crippen LogP contribution is -1.90. The molecule has 1 aromatic heterocycles. The zero-order valence-corrected chi connectivity index (χ0v) is 8.05. The fraction of sp³-hybridized carbons (Fsp3) is 0.143. The number of aliphatic imine (C=N–C) groups is 1. The highest BCUT2D eigenvalue weighted by atomic mass is 32.1. The number of imidazole rings is 1. The Kier molecular flexibility index (Phi) is 2.76. The number of nitrogens with zero attached hydrogens (tertiary/aromatic N) is 3. The van der Waals surface area contributed by atoms with E-state index in [9.17, 15) is 0 Å². The predicted molar refractivity (Wildman–Crippen MR) is 57.3 cm³/mol. The molecule has 12 heavy (non-hydrogen) atoms. The van der Waals surface area contributed by atoms with Crippen molar-refractivity contribution in [1.29, 1.82) is 0 Å². The number of thiol groups is 1. The first-order valence-corrected chi connectivity index (χ1v) is 4.02. The molecule has 0 bridgehead atoms. The van der Waals surface area contributed by atoms with E-state index in [1.54, 1.807) is 16.8 Å². The monoisotopic (exact) mass is 179 g/mol. The van der Waals surface area contributed by atoms with Crippen molar-refractivity contribution in [3.8, 4) is 0 Å². The van der Waals surface area contributed by atoms with Crippen LogP contribution in [0.1, 0.15) is 12.6 Å². The summed E-state index contributed by atoms with van der Waals surface area (Å²) in [5.41, 5.74) is 0.764. The van der Waals surface area contributed by atoms with Gasteiger partial charge in [0.05, 0.1) is 0 Å². The van der Waals surface area contributed by atoms with Gasteiger partial charge in [0, 0.05) is 6.21 Å². The van der Waals surface area contributed by atoms with Crippen molar-refractivity contribution in [2.75, 3.05) is 0 Å². The molecule has 0 amide bonds. The minimum atomic E-state index is 0.644. The maximum Gasteiger partial charge on any atom is 0.228 e. The molecule has 0 aromatic carbocycles. The summed E-state index contributed by atoms with van der Waals surface area (Å²) >= 11 is 4.17. The molecule has 0 aliphatic carbocycles. The molecule has 0 radical (unpaired) electrons. The van der Waals surface area contributed by atoms with Crippen molar-refractivity contribution in [2.24, 2.45) is 4.99 Å². The summed E-state index contributed by atoms with van der Waals surface area (Å²) in [5, 5.41) is 0.644. The molecule has 0 atom stereocenters. The number of hydrogen-bond donors (Lipinski definition) is 1. The van der Waals surface area contributed by atoms with Crippen molar-refractivity contribution in [3.63, 3.8) is 0 Å². The summed E-state index contributed by atoms with van der Waals surface area (Å²) in [6.07, 6.45) is 3.39. The second-order valence-electron chi connectivity index (χ2n) is 2.27. The van der Waals surface area contributed by atoms with E-state index in [2.05, 4.69) is 29.2 Å². The lowest BCUT2D eigenvalue weighted by Gasteiger charge is -1.96. The van der Waals surface area contributed by atoms with Crippen LogP contribution in [0.4, 0.5) is 5.82 Å². The second kappa shape index (κ2) is 3.62. The average molecular weight is 179 g/mol. The van der Waals surface area contributed by atoms with Gasteiger partial charge in [-0.3, -0.25) is 0 Å². The van der Waals surface area contributed by atoms with Crippen molar-refractivity contribution in [1.82, 2.24) is 9.46 Å². The average Bonchev–Trinajstić information content (AvgIpc) is 2.33. The smallest absolute Gasteiger partial charge is 0.228 e. The largest absolute Gasteiger partial charge is 0.357 e. The van der Waals surface area contributed by atoms with Gasteiger partial charge >= 0.3 is 0 Å². The lowest BCUT2D eigenvalue weighted by atomic mass is 10.3. The molecule has 5 heteroatoms. The molecule has 0 aliphatic rings. The van der Waals surface area contributed by atoms with Gasteiger partial charge in [0.2, 0.25) is 7.98 Å². The van der Waals surface area contributed by atoms with Crippen molar-refractivity contribution in [2.45, 2.75) is 12.1 Å². The Morgan fingerprint density at radius 2 is 2.42 bits per heavy atom. The van der Waals surface area contributed by atoms with Crippen LogP contribution in [0.15, 0.2) is 16.7 Å². The van der Waals surface area contributed by atoms with Gasteiger partial charge in [0.25, 0.3) is 0 Å². The maximum absolute atomic E-state index is 4.17. The highest BCUT2D eigenvalue weighted by Crippen LogP contribution is 2.21. The van der Waals surface area contributed by atoms with E-state index in [0.717, 1.165) is 11.5 Å². The van der Waals surface area contributed by atoms with Gasteiger partial charge in [-0.25, -0.2) is 9.98 Å². The third kappa shape index (κ3) is 1.45. The van der Waals surface area contributed by atoms with Gasteiger partial charge in [-0.15, -0.1) is 12.6 Å². The Hall–Kier alpha value is -0.965. The molecule has 1 rings (SSSR count). The fourth-order valence-corrected chi connectivity index (χ4v) is 1.11. The lowest BCUT2D eigenvalue weighted by molar-refractivity contribution is 0.993. The van der Waals surface area contributed by atoms with Crippen LogP contribution in [-0.4, -0.2) is 23.7 Å². The van der Waals surface area contributed by atoms with Crippen LogP contribution in [-0.2, 0) is 0 Å². The van der Waals surface area contributed by atoms with Gasteiger partial charge < -0.3 is 4.48 Å². The topological polar surface area (TPSA) is 30.2 Å². The van der Waals surface area contributed by atoms with Crippen molar-refractivity contribution >= 4 is 38.7 Å². The molecular formula is C7H10BN3S. The normalized spacial score (nSPS) is 10.8. The molecule has 1 aromatic rings. The van der Waals surface area contributed by atoms with Gasteiger partial charge in [0.15, 0.2) is 5.16 Å². The van der Waals surface area contributed by atoms with E-state index in [4.69, 9.17) is 0 Å². The van der Waals surface area contributed by atoms with E-state index in [1.165, 1.54) is 0 Å². The van der Waals surface area contributed by atoms with Crippen molar-refractivity contribution in [3.05, 3.63) is 12.3 Å². The maximum atomic E-state index is 4.17. The quantitative estimate of drug-likeness (QED) is 0.408. The standard InChI is InChI=1S/C7H10BN3S/c1-3-5-6(9-4-2)11(8)7(12)10-5/h3-4H,1,8H2,2H3,(H,10,12)/b9-4-. The van der Waals surface area contributed by atoms with E-state index in [0.29, 0.717) is 5.16 Å². The minimum absolute atomic E-state index is 0.644. The summed E-state index contributed by atoms with van der Waals surface area (Å²) in [4.78, 5) is 8.30. The van der Waals surface area contributed by atoms with Gasteiger partial charge in [0.1, 0.15) is 11.5 Å². The van der Waals surface area contributed by atoms with E-state index in [-0.39, 0.29) is 0 Å². The highest BCUT2D eigenvalue weighted by molar-refractivity contribution is 7.80. The fourth-order valence-electron chi connectivity index (χ4n) is 0.911. The molecule has 62 valence electrons. The Labute approximate surface area is 78.1 Å². The first kappa shape index (κ1) is 9.13. The zero-order chi connectivity index (χ0) is 9.14. The summed E-state index contributed by atoms with van der Waals surface area (Å²) < 4.78 is 1.81. The predicted octanol–water partition coefficient (Wildman–Crippen LogP) is 0.933. The van der Waals surface area contributed by atoms with Crippen LogP contribution in [0.2, 0.25) is 0 Å². The molecule has 0 unspecified atom stereocenters. The van der Waals surface area contributed by atoms with Crippen LogP contribution >= 0.6 is 12.6 Å². The molecule has 3 nitrogen and oxygen atoms in total. The van der Waals surface area contributed by atoms with E-state index < -0.39 is 0 Å². The zero-order valence-electron chi connectivity index (χ0n) is 7.15. The third-order valence-corrected chi connectivity index (χ3v) is 1.91. The Morgan fingerprint density at radius 1 is 1.75 bits per heavy atom. The summed E-state index contributed by atoms with van der Waals surface area (Å²) in [7, 11) is 1.87. The van der Waals surface area contributed by atoms with Crippen LogP contribution in [0, 0.1) is 0 Å². The van der Waals surface area contributed by atoms with Crippen molar-refractivity contribution < 1.29 is 0 Å². The first-order valence-electron chi connectivity index (χ1n) is 3.57. The molecule has 0 saturated heterocycles. The minimum Gasteiger partial charge on any atom is -0.357 e.